The number of hydrogen-bond donors (Lipinski definition) is 0. The van der Waals surface area contributed by atoms with Crippen molar-refractivity contribution < 1.29 is 14.1 Å². The summed E-state index contributed by atoms with van der Waals surface area (Å²) < 4.78 is 10.4. The minimum atomic E-state index is -0.138. The van der Waals surface area contributed by atoms with Crippen LogP contribution in [0, 0.1) is 6.92 Å². The summed E-state index contributed by atoms with van der Waals surface area (Å²) in [4.78, 5) is 19.2. The molecular weight excluding hydrogens is 342 g/mol. The van der Waals surface area contributed by atoms with Crippen LogP contribution in [-0.4, -0.2) is 34.6 Å². The number of rotatable bonds is 4. The van der Waals surface area contributed by atoms with Crippen molar-refractivity contribution in [1.82, 2.24) is 15.0 Å². The van der Waals surface area contributed by atoms with Crippen molar-refractivity contribution in [3.8, 4) is 5.75 Å². The Labute approximate surface area is 157 Å². The maximum Gasteiger partial charge on any atom is 0.231 e. The molecule has 2 heterocycles. The minimum absolute atomic E-state index is 0.00822. The zero-order valence-corrected chi connectivity index (χ0v) is 15.4. The molecule has 0 fully saturated rings. The first-order chi connectivity index (χ1) is 13.2. The Morgan fingerprint density at radius 3 is 2.78 bits per heavy atom. The molecule has 0 saturated carbocycles. The van der Waals surface area contributed by atoms with E-state index in [2.05, 4.69) is 34.4 Å². The van der Waals surface area contributed by atoms with E-state index < -0.39 is 0 Å². The second-order valence-corrected chi connectivity index (χ2v) is 6.62. The molecule has 1 aliphatic heterocycles. The van der Waals surface area contributed by atoms with Gasteiger partial charge in [-0.3, -0.25) is 4.79 Å². The zero-order valence-electron chi connectivity index (χ0n) is 15.4. The Bertz CT molecular complexity index is 952. The molecule has 1 unspecified atom stereocenters. The fourth-order valence-electron chi connectivity index (χ4n) is 3.64. The van der Waals surface area contributed by atoms with Crippen molar-refractivity contribution in [2.45, 2.75) is 25.8 Å². The maximum atomic E-state index is 13.1. The van der Waals surface area contributed by atoms with Gasteiger partial charge in [0.25, 0.3) is 0 Å². The third-order valence-corrected chi connectivity index (χ3v) is 4.89. The number of aryl methyl sites for hydroxylation is 1. The number of nitrogens with zero attached hydrogens (tertiary/aromatic N) is 3. The van der Waals surface area contributed by atoms with E-state index in [1.54, 1.807) is 14.0 Å². The van der Waals surface area contributed by atoms with Gasteiger partial charge in [-0.25, -0.2) is 0 Å². The lowest BCUT2D eigenvalue weighted by molar-refractivity contribution is -0.132. The number of amides is 1. The molecule has 0 bridgehead atoms. The first-order valence-electron chi connectivity index (χ1n) is 8.96. The number of ether oxygens (including phenoxy) is 1. The summed E-state index contributed by atoms with van der Waals surface area (Å²) in [5.41, 5.74) is 3.43. The Morgan fingerprint density at radius 2 is 2.07 bits per heavy atom. The molecule has 0 N–H and O–H groups in total. The molecule has 2 aromatic carbocycles. The van der Waals surface area contributed by atoms with E-state index in [1.807, 2.05) is 29.2 Å². The summed E-state index contributed by atoms with van der Waals surface area (Å²) in [6, 6.07) is 16.0. The smallest absolute Gasteiger partial charge is 0.231 e. The maximum absolute atomic E-state index is 13.1. The molecule has 6 nitrogen and oxygen atoms in total. The van der Waals surface area contributed by atoms with Crippen LogP contribution in [0.2, 0.25) is 0 Å². The number of carbonyl (C=O) groups is 1. The van der Waals surface area contributed by atoms with Gasteiger partial charge in [0.1, 0.15) is 5.75 Å². The third kappa shape index (κ3) is 3.43. The number of carbonyl (C=O) groups excluding carboxylic acids is 1. The van der Waals surface area contributed by atoms with Gasteiger partial charge < -0.3 is 14.2 Å². The van der Waals surface area contributed by atoms with Crippen LogP contribution in [0.3, 0.4) is 0 Å². The topological polar surface area (TPSA) is 68.5 Å². The van der Waals surface area contributed by atoms with E-state index in [9.17, 15) is 4.79 Å². The monoisotopic (exact) mass is 363 g/mol. The number of fused-ring (bicyclic) bond motifs is 1. The molecule has 1 aliphatic rings. The van der Waals surface area contributed by atoms with E-state index in [1.165, 1.54) is 5.56 Å². The lowest BCUT2D eigenvalue weighted by atomic mass is 9.87. The highest BCUT2D eigenvalue weighted by Gasteiger charge is 2.32. The summed E-state index contributed by atoms with van der Waals surface area (Å²) in [7, 11) is 1.67. The molecular formula is C21H21N3O3. The Balaban J connectivity index is 1.70. The van der Waals surface area contributed by atoms with Crippen molar-refractivity contribution in [3.63, 3.8) is 0 Å². The van der Waals surface area contributed by atoms with Gasteiger partial charge >= 0.3 is 0 Å². The van der Waals surface area contributed by atoms with Crippen LogP contribution in [0.4, 0.5) is 0 Å². The SMILES string of the molecule is COc1ccc2c(c1)CCN(C(=O)Cc1noc(C)n1)C2c1ccccc1. The fraction of sp³-hybridized carbons (Fsp3) is 0.286. The molecule has 1 amide bonds. The lowest BCUT2D eigenvalue weighted by Gasteiger charge is -2.38. The molecule has 0 radical (unpaired) electrons. The van der Waals surface area contributed by atoms with Crippen LogP contribution in [0.25, 0.3) is 0 Å². The summed E-state index contributed by atoms with van der Waals surface area (Å²) >= 11 is 0. The predicted molar refractivity (Wildman–Crippen MR) is 99.4 cm³/mol. The van der Waals surface area contributed by atoms with Gasteiger partial charge in [-0.15, -0.1) is 0 Å². The van der Waals surface area contributed by atoms with Crippen molar-refractivity contribution in [2.75, 3.05) is 13.7 Å². The normalized spacial score (nSPS) is 16.1. The first kappa shape index (κ1) is 17.3. The van der Waals surface area contributed by atoms with Crippen molar-refractivity contribution in [1.29, 1.82) is 0 Å². The van der Waals surface area contributed by atoms with Crippen molar-refractivity contribution in [3.05, 3.63) is 76.9 Å². The predicted octanol–water partition coefficient (Wildman–Crippen LogP) is 3.10. The van der Waals surface area contributed by atoms with Gasteiger partial charge in [0.05, 0.1) is 19.6 Å². The van der Waals surface area contributed by atoms with Gasteiger partial charge in [-0.1, -0.05) is 41.6 Å². The van der Waals surface area contributed by atoms with Crippen LogP contribution >= 0.6 is 0 Å². The van der Waals surface area contributed by atoms with E-state index in [0.717, 1.165) is 23.3 Å². The average Bonchev–Trinajstić information content (AvgIpc) is 3.11. The molecule has 1 aromatic heterocycles. The van der Waals surface area contributed by atoms with Gasteiger partial charge in [0.2, 0.25) is 11.8 Å². The lowest BCUT2D eigenvalue weighted by Crippen LogP contribution is -2.41. The Hall–Kier alpha value is -3.15. The molecule has 27 heavy (non-hydrogen) atoms. The van der Waals surface area contributed by atoms with E-state index >= 15 is 0 Å². The average molecular weight is 363 g/mol. The fourth-order valence-corrected chi connectivity index (χ4v) is 3.64. The van der Waals surface area contributed by atoms with Gasteiger partial charge in [0, 0.05) is 13.5 Å². The van der Waals surface area contributed by atoms with Gasteiger partial charge in [0.15, 0.2) is 5.82 Å². The van der Waals surface area contributed by atoms with Crippen LogP contribution in [0.15, 0.2) is 53.1 Å². The van der Waals surface area contributed by atoms with Crippen LogP contribution in [-0.2, 0) is 17.6 Å². The molecule has 0 spiro atoms. The molecule has 1 atom stereocenters. The first-order valence-corrected chi connectivity index (χ1v) is 8.96. The zero-order chi connectivity index (χ0) is 18.8. The number of methoxy groups -OCH3 is 1. The molecule has 0 saturated heterocycles. The van der Waals surface area contributed by atoms with Crippen LogP contribution < -0.4 is 4.74 Å². The van der Waals surface area contributed by atoms with Crippen molar-refractivity contribution in [2.24, 2.45) is 0 Å². The largest absolute Gasteiger partial charge is 0.497 e. The number of benzene rings is 2. The Morgan fingerprint density at radius 1 is 1.26 bits per heavy atom. The molecule has 4 rings (SSSR count). The quantitative estimate of drug-likeness (QED) is 0.712. The Kier molecular flexibility index (Phi) is 4.62. The van der Waals surface area contributed by atoms with E-state index in [0.29, 0.717) is 18.3 Å². The summed E-state index contributed by atoms with van der Waals surface area (Å²) in [5.74, 6) is 1.71. The van der Waals surface area contributed by atoms with E-state index in [-0.39, 0.29) is 18.4 Å². The summed E-state index contributed by atoms with van der Waals surface area (Å²) in [6.45, 7) is 2.35. The van der Waals surface area contributed by atoms with Crippen LogP contribution in [0.5, 0.6) is 5.75 Å². The standard InChI is InChI=1S/C21H21N3O3/c1-14-22-19(23-27-14)13-20(25)24-11-10-16-12-17(26-2)8-9-18(16)21(24)15-6-4-3-5-7-15/h3-9,12,21H,10-11,13H2,1-2H3. The summed E-state index contributed by atoms with van der Waals surface area (Å²) in [6.07, 6.45) is 0.916. The molecule has 3 aromatic rings. The highest BCUT2D eigenvalue weighted by atomic mass is 16.5. The second kappa shape index (κ2) is 7.23. The van der Waals surface area contributed by atoms with Crippen LogP contribution in [0.1, 0.15) is 34.4 Å². The van der Waals surface area contributed by atoms with Gasteiger partial charge in [-0.05, 0) is 35.2 Å². The van der Waals surface area contributed by atoms with E-state index in [4.69, 9.17) is 9.26 Å². The molecule has 138 valence electrons. The molecule has 0 aliphatic carbocycles. The highest BCUT2D eigenvalue weighted by Crippen LogP contribution is 2.37. The number of hydrogen-bond acceptors (Lipinski definition) is 5. The third-order valence-electron chi connectivity index (χ3n) is 4.89. The number of aromatic nitrogens is 2. The molecule has 6 heteroatoms. The minimum Gasteiger partial charge on any atom is -0.497 e. The summed E-state index contributed by atoms with van der Waals surface area (Å²) in [5, 5.41) is 3.87. The van der Waals surface area contributed by atoms with Gasteiger partial charge in [-0.2, -0.15) is 4.98 Å². The van der Waals surface area contributed by atoms with Crippen molar-refractivity contribution >= 4 is 5.91 Å². The highest BCUT2D eigenvalue weighted by molar-refractivity contribution is 5.79. The second-order valence-electron chi connectivity index (χ2n) is 6.62.